The average Bonchev–Trinajstić information content (AvgIpc) is 2.91. The molecule has 18 heavy (non-hydrogen) atoms. The molecule has 1 heterocycles. The van der Waals surface area contributed by atoms with E-state index in [1.165, 1.54) is 10.4 Å². The second-order valence-corrected chi connectivity index (χ2v) is 5.88. The molecule has 0 saturated carbocycles. The summed E-state index contributed by atoms with van der Waals surface area (Å²) in [6.45, 7) is 2.20. The number of nitrogens with two attached hydrogens (primary N) is 1. The van der Waals surface area contributed by atoms with Crippen LogP contribution in [0.4, 0.5) is 0 Å². The van der Waals surface area contributed by atoms with E-state index in [-0.39, 0.29) is 5.54 Å². The van der Waals surface area contributed by atoms with E-state index in [1.54, 1.807) is 0 Å². The fourth-order valence-corrected chi connectivity index (χ4v) is 3.14. The summed E-state index contributed by atoms with van der Waals surface area (Å²) in [7, 11) is 0. The van der Waals surface area contributed by atoms with Gasteiger partial charge in [-0.3, -0.25) is 0 Å². The summed E-state index contributed by atoms with van der Waals surface area (Å²) in [6, 6.07) is 14.8. The van der Waals surface area contributed by atoms with Crippen molar-refractivity contribution in [2.45, 2.75) is 38.1 Å². The van der Waals surface area contributed by atoms with Crippen molar-refractivity contribution < 1.29 is 0 Å². The molecular weight excluding hydrogens is 238 g/mol. The van der Waals surface area contributed by atoms with Gasteiger partial charge < -0.3 is 5.73 Å². The quantitative estimate of drug-likeness (QED) is 0.820. The third-order valence-corrected chi connectivity index (χ3v) is 4.38. The third-order valence-electron chi connectivity index (χ3n) is 3.44. The Morgan fingerprint density at radius 2 is 1.83 bits per heavy atom. The summed E-state index contributed by atoms with van der Waals surface area (Å²) in [5.41, 5.74) is 7.74. The number of thiophene rings is 1. The maximum atomic E-state index is 6.65. The van der Waals surface area contributed by atoms with Crippen molar-refractivity contribution in [2.24, 2.45) is 5.73 Å². The second kappa shape index (κ2) is 6.17. The van der Waals surface area contributed by atoms with E-state index in [1.807, 2.05) is 11.3 Å². The normalized spacial score (nSPS) is 14.3. The van der Waals surface area contributed by atoms with Gasteiger partial charge in [0.25, 0.3) is 0 Å². The Morgan fingerprint density at radius 1 is 1.06 bits per heavy atom. The first kappa shape index (κ1) is 13.3. The van der Waals surface area contributed by atoms with Crippen LogP contribution >= 0.6 is 11.3 Å². The first-order chi connectivity index (χ1) is 8.74. The molecule has 1 aromatic carbocycles. The zero-order valence-corrected chi connectivity index (χ0v) is 11.7. The summed E-state index contributed by atoms with van der Waals surface area (Å²) in [5.74, 6) is 0. The van der Waals surface area contributed by atoms with Crippen molar-refractivity contribution >= 4 is 11.3 Å². The predicted molar refractivity (Wildman–Crippen MR) is 79.9 cm³/mol. The molecule has 0 saturated heterocycles. The van der Waals surface area contributed by atoms with Gasteiger partial charge in [-0.25, -0.2) is 0 Å². The van der Waals surface area contributed by atoms with Crippen molar-refractivity contribution in [3.05, 3.63) is 58.3 Å². The summed E-state index contributed by atoms with van der Waals surface area (Å²) >= 11 is 1.82. The highest BCUT2D eigenvalue weighted by atomic mass is 32.1. The fourth-order valence-electron chi connectivity index (χ4n) is 2.43. The molecule has 2 aromatic rings. The second-order valence-electron chi connectivity index (χ2n) is 4.85. The number of aryl methyl sites for hydroxylation is 1. The standard InChI is InChI=1S/C16H21NS/c1-2-11-16(17,14-7-4-3-5-8-14)12-10-15-9-6-13-18-15/h3-9,13H,2,10-12,17H2,1H3. The highest BCUT2D eigenvalue weighted by Gasteiger charge is 2.25. The van der Waals surface area contributed by atoms with Gasteiger partial charge in [0, 0.05) is 10.4 Å². The zero-order chi connectivity index (χ0) is 12.8. The van der Waals surface area contributed by atoms with E-state index in [4.69, 9.17) is 5.73 Å². The maximum Gasteiger partial charge on any atom is 0.0413 e. The Hall–Kier alpha value is -1.12. The lowest BCUT2D eigenvalue weighted by Gasteiger charge is -2.30. The molecule has 0 aliphatic carbocycles. The Labute approximate surface area is 114 Å². The molecule has 1 aromatic heterocycles. The Kier molecular flexibility index (Phi) is 4.56. The summed E-state index contributed by atoms with van der Waals surface area (Å²) in [6.07, 6.45) is 4.26. The molecule has 0 amide bonds. The lowest BCUT2D eigenvalue weighted by Crippen LogP contribution is -2.37. The lowest BCUT2D eigenvalue weighted by molar-refractivity contribution is 0.374. The molecule has 2 heteroatoms. The van der Waals surface area contributed by atoms with E-state index < -0.39 is 0 Å². The van der Waals surface area contributed by atoms with Crippen LogP contribution < -0.4 is 5.73 Å². The van der Waals surface area contributed by atoms with Crippen molar-refractivity contribution in [3.8, 4) is 0 Å². The first-order valence-corrected chi connectivity index (χ1v) is 7.49. The van der Waals surface area contributed by atoms with E-state index in [0.717, 1.165) is 25.7 Å². The van der Waals surface area contributed by atoms with Crippen LogP contribution in [0.3, 0.4) is 0 Å². The minimum atomic E-state index is -0.181. The van der Waals surface area contributed by atoms with Gasteiger partial charge in [-0.05, 0) is 36.3 Å². The monoisotopic (exact) mass is 259 g/mol. The van der Waals surface area contributed by atoms with E-state index in [0.29, 0.717) is 0 Å². The number of benzene rings is 1. The van der Waals surface area contributed by atoms with Crippen LogP contribution in [0.2, 0.25) is 0 Å². The minimum Gasteiger partial charge on any atom is -0.321 e. The molecule has 0 radical (unpaired) electrons. The third kappa shape index (κ3) is 3.21. The SMILES string of the molecule is CCCC(N)(CCc1cccs1)c1ccccc1. The molecule has 1 unspecified atom stereocenters. The highest BCUT2D eigenvalue weighted by molar-refractivity contribution is 7.09. The highest BCUT2D eigenvalue weighted by Crippen LogP contribution is 2.29. The Morgan fingerprint density at radius 3 is 2.44 bits per heavy atom. The molecule has 2 rings (SSSR count). The lowest BCUT2D eigenvalue weighted by atomic mass is 9.82. The van der Waals surface area contributed by atoms with Gasteiger partial charge >= 0.3 is 0 Å². The summed E-state index contributed by atoms with van der Waals surface area (Å²) < 4.78 is 0. The largest absolute Gasteiger partial charge is 0.321 e. The molecule has 0 aliphatic heterocycles. The van der Waals surface area contributed by atoms with Gasteiger partial charge in [-0.1, -0.05) is 49.7 Å². The molecular formula is C16H21NS. The molecule has 0 fully saturated rings. The van der Waals surface area contributed by atoms with Gasteiger partial charge in [-0.2, -0.15) is 0 Å². The van der Waals surface area contributed by atoms with Gasteiger partial charge in [-0.15, -0.1) is 11.3 Å². The van der Waals surface area contributed by atoms with Gasteiger partial charge in [0.1, 0.15) is 0 Å². The zero-order valence-electron chi connectivity index (χ0n) is 10.9. The molecule has 96 valence electrons. The van der Waals surface area contributed by atoms with Crippen molar-refractivity contribution in [3.63, 3.8) is 0 Å². The number of hydrogen-bond acceptors (Lipinski definition) is 2. The molecule has 2 N–H and O–H groups in total. The van der Waals surface area contributed by atoms with Crippen LogP contribution in [0, 0.1) is 0 Å². The van der Waals surface area contributed by atoms with Gasteiger partial charge in [0.05, 0.1) is 0 Å². The van der Waals surface area contributed by atoms with E-state index in [9.17, 15) is 0 Å². The summed E-state index contributed by atoms with van der Waals surface area (Å²) in [5, 5.41) is 2.13. The summed E-state index contributed by atoms with van der Waals surface area (Å²) in [4.78, 5) is 1.43. The molecule has 0 bridgehead atoms. The maximum absolute atomic E-state index is 6.65. The Bertz CT molecular complexity index is 449. The Balaban J connectivity index is 2.11. The molecule has 1 atom stereocenters. The smallest absolute Gasteiger partial charge is 0.0413 e. The first-order valence-electron chi connectivity index (χ1n) is 6.61. The fraction of sp³-hybridized carbons (Fsp3) is 0.375. The van der Waals surface area contributed by atoms with Gasteiger partial charge in [0.2, 0.25) is 0 Å². The van der Waals surface area contributed by atoms with Crippen molar-refractivity contribution in [2.75, 3.05) is 0 Å². The molecule has 0 spiro atoms. The van der Waals surface area contributed by atoms with E-state index in [2.05, 4.69) is 54.8 Å². The van der Waals surface area contributed by atoms with Crippen LogP contribution in [-0.2, 0) is 12.0 Å². The van der Waals surface area contributed by atoms with Crippen molar-refractivity contribution in [1.29, 1.82) is 0 Å². The van der Waals surface area contributed by atoms with Crippen LogP contribution in [0.1, 0.15) is 36.6 Å². The van der Waals surface area contributed by atoms with Crippen molar-refractivity contribution in [1.82, 2.24) is 0 Å². The van der Waals surface area contributed by atoms with Gasteiger partial charge in [0.15, 0.2) is 0 Å². The number of hydrogen-bond donors (Lipinski definition) is 1. The van der Waals surface area contributed by atoms with Crippen LogP contribution in [0.15, 0.2) is 47.8 Å². The number of rotatable bonds is 6. The van der Waals surface area contributed by atoms with Crippen LogP contribution in [0.5, 0.6) is 0 Å². The van der Waals surface area contributed by atoms with Crippen LogP contribution in [0.25, 0.3) is 0 Å². The molecule has 0 aliphatic rings. The topological polar surface area (TPSA) is 26.0 Å². The average molecular weight is 259 g/mol. The van der Waals surface area contributed by atoms with E-state index >= 15 is 0 Å². The van der Waals surface area contributed by atoms with Crippen LogP contribution in [-0.4, -0.2) is 0 Å². The predicted octanol–water partition coefficient (Wildman–Crippen LogP) is 4.34. The minimum absolute atomic E-state index is 0.181. The molecule has 1 nitrogen and oxygen atoms in total.